The molecule has 0 aliphatic carbocycles. The molecule has 0 radical (unpaired) electrons. The Morgan fingerprint density at radius 2 is 1.39 bits per heavy atom. The first-order valence-electron chi connectivity index (χ1n) is 11.7. The van der Waals surface area contributed by atoms with Crippen LogP contribution in [0.15, 0.2) is 54.6 Å². The SMILES string of the molecule is Cn1c2ccccc2c2cc3c(cc21)nc1c2ccc(C(C)(C)C)nc2cc(C(C)(C)C)n31. The fourth-order valence-corrected chi connectivity index (χ4v) is 5.09. The van der Waals surface area contributed by atoms with E-state index in [4.69, 9.17) is 9.97 Å². The van der Waals surface area contributed by atoms with E-state index in [0.29, 0.717) is 0 Å². The first-order valence-corrected chi connectivity index (χ1v) is 11.7. The molecular formula is C29H30N4. The number of para-hydroxylation sites is 1. The highest BCUT2D eigenvalue weighted by Gasteiger charge is 2.24. The van der Waals surface area contributed by atoms with Gasteiger partial charge < -0.3 is 4.57 Å². The number of benzene rings is 2. The lowest BCUT2D eigenvalue weighted by Gasteiger charge is -2.23. The van der Waals surface area contributed by atoms with E-state index in [2.05, 4.69) is 112 Å². The molecule has 4 heteroatoms. The Labute approximate surface area is 193 Å². The van der Waals surface area contributed by atoms with Crippen LogP contribution in [-0.4, -0.2) is 18.9 Å². The van der Waals surface area contributed by atoms with Gasteiger partial charge in [0.05, 0.1) is 22.1 Å². The Bertz CT molecular complexity index is 1730. The number of hydrogen-bond donors (Lipinski definition) is 0. The van der Waals surface area contributed by atoms with Crippen molar-refractivity contribution >= 4 is 49.4 Å². The van der Waals surface area contributed by atoms with Gasteiger partial charge in [0, 0.05) is 50.9 Å². The summed E-state index contributed by atoms with van der Waals surface area (Å²) < 4.78 is 4.63. The molecule has 4 aromatic heterocycles. The molecule has 0 spiro atoms. The molecule has 0 unspecified atom stereocenters. The zero-order valence-electron chi connectivity index (χ0n) is 20.5. The summed E-state index contributed by atoms with van der Waals surface area (Å²) >= 11 is 0. The van der Waals surface area contributed by atoms with Gasteiger partial charge in [-0.15, -0.1) is 0 Å². The van der Waals surface area contributed by atoms with E-state index < -0.39 is 0 Å². The van der Waals surface area contributed by atoms with Crippen LogP contribution in [0.4, 0.5) is 0 Å². The summed E-state index contributed by atoms with van der Waals surface area (Å²) in [5.74, 6) is 0. The highest BCUT2D eigenvalue weighted by molar-refractivity contribution is 6.12. The molecule has 4 nitrogen and oxygen atoms in total. The lowest BCUT2D eigenvalue weighted by molar-refractivity contribution is 0.563. The van der Waals surface area contributed by atoms with Crippen LogP contribution in [0.1, 0.15) is 52.9 Å². The molecule has 166 valence electrons. The topological polar surface area (TPSA) is 35.1 Å². The summed E-state index contributed by atoms with van der Waals surface area (Å²) in [6, 6.07) is 19.8. The summed E-state index contributed by atoms with van der Waals surface area (Å²) in [5, 5.41) is 3.64. The van der Waals surface area contributed by atoms with Crippen molar-refractivity contribution in [2.45, 2.75) is 52.4 Å². The van der Waals surface area contributed by atoms with Crippen molar-refractivity contribution in [1.29, 1.82) is 0 Å². The minimum Gasteiger partial charge on any atom is -0.344 e. The molecule has 6 aromatic rings. The Balaban J connectivity index is 1.81. The van der Waals surface area contributed by atoms with Gasteiger partial charge in [-0.05, 0) is 36.4 Å². The van der Waals surface area contributed by atoms with Gasteiger partial charge in [-0.25, -0.2) is 4.98 Å². The van der Waals surface area contributed by atoms with Gasteiger partial charge in [-0.3, -0.25) is 9.38 Å². The minimum atomic E-state index is -0.0623. The number of rotatable bonds is 0. The summed E-state index contributed by atoms with van der Waals surface area (Å²) in [7, 11) is 2.14. The molecule has 2 aromatic carbocycles. The first kappa shape index (κ1) is 20.2. The Hall–Kier alpha value is -3.40. The van der Waals surface area contributed by atoms with Crippen molar-refractivity contribution in [3.8, 4) is 0 Å². The average Bonchev–Trinajstić information content (AvgIpc) is 3.26. The van der Waals surface area contributed by atoms with Gasteiger partial charge in [0.25, 0.3) is 0 Å². The number of aryl methyl sites for hydroxylation is 1. The molecule has 0 saturated heterocycles. The maximum absolute atomic E-state index is 5.18. The van der Waals surface area contributed by atoms with Crippen molar-refractivity contribution in [1.82, 2.24) is 18.9 Å². The van der Waals surface area contributed by atoms with Gasteiger partial charge in [0.15, 0.2) is 0 Å². The molecule has 0 fully saturated rings. The molecule has 4 heterocycles. The standard InChI is InChI=1S/C29H30N4/c1-28(2,3)25-13-12-18-20(30-25)16-26(29(4,5)6)33-24-14-19-17-10-8-9-11-22(17)32(7)23(19)15-21(24)31-27(18)33/h8-16H,1-7H3. The lowest BCUT2D eigenvalue weighted by Crippen LogP contribution is -2.17. The number of fused-ring (bicyclic) bond motifs is 8. The maximum atomic E-state index is 5.18. The van der Waals surface area contributed by atoms with Crippen molar-refractivity contribution in [2.24, 2.45) is 7.05 Å². The fraction of sp³-hybridized carbons (Fsp3) is 0.310. The van der Waals surface area contributed by atoms with E-state index in [9.17, 15) is 0 Å². The average molecular weight is 435 g/mol. The fourth-order valence-electron chi connectivity index (χ4n) is 5.09. The number of aromatic nitrogens is 4. The monoisotopic (exact) mass is 434 g/mol. The third-order valence-corrected chi connectivity index (χ3v) is 6.91. The summed E-state index contributed by atoms with van der Waals surface area (Å²) in [6.45, 7) is 13.4. The van der Waals surface area contributed by atoms with Crippen LogP contribution in [0.25, 0.3) is 49.4 Å². The van der Waals surface area contributed by atoms with Crippen LogP contribution in [0.3, 0.4) is 0 Å². The number of pyridine rings is 2. The summed E-state index contributed by atoms with van der Waals surface area (Å²) in [4.78, 5) is 10.3. The molecule has 0 aliphatic heterocycles. The second-order valence-electron chi connectivity index (χ2n) is 11.4. The lowest BCUT2D eigenvalue weighted by atomic mass is 9.89. The Kier molecular flexibility index (Phi) is 3.89. The van der Waals surface area contributed by atoms with Crippen molar-refractivity contribution in [3.63, 3.8) is 0 Å². The summed E-state index contributed by atoms with van der Waals surface area (Å²) in [6.07, 6.45) is 0. The minimum absolute atomic E-state index is 0.00112. The second-order valence-corrected chi connectivity index (χ2v) is 11.4. The number of nitrogens with zero attached hydrogens (tertiary/aromatic N) is 4. The van der Waals surface area contributed by atoms with Crippen LogP contribution in [0.5, 0.6) is 0 Å². The predicted octanol–water partition coefficient (Wildman–Crippen LogP) is 7.28. The zero-order chi connectivity index (χ0) is 23.3. The van der Waals surface area contributed by atoms with Gasteiger partial charge in [0.1, 0.15) is 5.65 Å². The molecule has 6 rings (SSSR count). The third kappa shape index (κ3) is 2.83. The smallest absolute Gasteiger partial charge is 0.147 e. The van der Waals surface area contributed by atoms with E-state index in [-0.39, 0.29) is 10.8 Å². The Morgan fingerprint density at radius 1 is 0.636 bits per heavy atom. The highest BCUT2D eigenvalue weighted by atomic mass is 15.0. The Morgan fingerprint density at radius 3 is 2.12 bits per heavy atom. The molecular weight excluding hydrogens is 404 g/mol. The highest BCUT2D eigenvalue weighted by Crippen LogP contribution is 2.36. The van der Waals surface area contributed by atoms with Crippen LogP contribution in [0, 0.1) is 0 Å². The van der Waals surface area contributed by atoms with E-state index in [1.54, 1.807) is 0 Å². The normalized spacial score (nSPS) is 13.3. The molecule has 0 bridgehead atoms. The van der Waals surface area contributed by atoms with Crippen molar-refractivity contribution in [2.75, 3.05) is 0 Å². The van der Waals surface area contributed by atoms with E-state index in [1.807, 2.05) is 0 Å². The van der Waals surface area contributed by atoms with E-state index in [1.165, 1.54) is 27.5 Å². The molecule has 0 atom stereocenters. The van der Waals surface area contributed by atoms with Gasteiger partial charge in [-0.1, -0.05) is 59.7 Å². The molecule has 0 amide bonds. The first-order chi connectivity index (χ1) is 15.5. The van der Waals surface area contributed by atoms with Crippen LogP contribution in [0.2, 0.25) is 0 Å². The zero-order valence-corrected chi connectivity index (χ0v) is 20.5. The molecule has 0 saturated carbocycles. The van der Waals surface area contributed by atoms with Crippen molar-refractivity contribution < 1.29 is 0 Å². The second kappa shape index (κ2) is 6.34. The van der Waals surface area contributed by atoms with E-state index >= 15 is 0 Å². The predicted molar refractivity (Wildman–Crippen MR) is 139 cm³/mol. The molecule has 0 N–H and O–H groups in total. The van der Waals surface area contributed by atoms with Gasteiger partial charge in [0.2, 0.25) is 0 Å². The third-order valence-electron chi connectivity index (χ3n) is 6.91. The number of imidazole rings is 1. The van der Waals surface area contributed by atoms with Crippen molar-refractivity contribution in [3.05, 3.63) is 66.0 Å². The van der Waals surface area contributed by atoms with E-state index in [0.717, 1.165) is 33.3 Å². The quantitative estimate of drug-likeness (QED) is 0.252. The van der Waals surface area contributed by atoms with Crippen LogP contribution < -0.4 is 0 Å². The van der Waals surface area contributed by atoms with Crippen LogP contribution >= 0.6 is 0 Å². The van der Waals surface area contributed by atoms with Gasteiger partial charge >= 0.3 is 0 Å². The van der Waals surface area contributed by atoms with Crippen LogP contribution in [-0.2, 0) is 17.9 Å². The molecule has 33 heavy (non-hydrogen) atoms. The summed E-state index contributed by atoms with van der Waals surface area (Å²) in [5.41, 5.74) is 8.90. The maximum Gasteiger partial charge on any atom is 0.147 e. The van der Waals surface area contributed by atoms with Gasteiger partial charge in [-0.2, -0.15) is 0 Å². The largest absolute Gasteiger partial charge is 0.344 e. The number of hydrogen-bond acceptors (Lipinski definition) is 2. The molecule has 0 aliphatic rings.